The van der Waals surface area contributed by atoms with Crippen molar-refractivity contribution in [1.82, 2.24) is 15.3 Å². The maximum absolute atomic E-state index is 12.5. The number of nitrogens with two attached hydrogens (primary N) is 1. The highest BCUT2D eigenvalue weighted by atomic mass is 35.5. The van der Waals surface area contributed by atoms with Gasteiger partial charge in [0.15, 0.2) is 0 Å². The zero-order chi connectivity index (χ0) is 17.1. The van der Waals surface area contributed by atoms with Gasteiger partial charge < -0.3 is 16.0 Å². The van der Waals surface area contributed by atoms with Crippen LogP contribution in [0.5, 0.6) is 0 Å². The number of hydrogen-bond donors (Lipinski definition) is 3. The van der Waals surface area contributed by atoms with Gasteiger partial charge in [-0.05, 0) is 43.7 Å². The van der Waals surface area contributed by atoms with Gasteiger partial charge in [-0.1, -0.05) is 6.92 Å². The number of nitrogens with one attached hydrogen (secondary N) is 2. The maximum atomic E-state index is 12.5. The number of aromatic nitrogens is 2. The highest BCUT2D eigenvalue weighted by Crippen LogP contribution is 2.35. The molecular formula is C17H25ClN4O2S. The summed E-state index contributed by atoms with van der Waals surface area (Å²) in [5.41, 5.74) is 6.52. The molecule has 1 aliphatic rings. The average Bonchev–Trinajstić information content (AvgIpc) is 2.90. The van der Waals surface area contributed by atoms with Gasteiger partial charge in [0.2, 0.25) is 5.91 Å². The molecule has 1 aliphatic carbocycles. The van der Waals surface area contributed by atoms with Crippen LogP contribution in [-0.4, -0.2) is 29.0 Å². The van der Waals surface area contributed by atoms with Crippen molar-refractivity contribution >= 4 is 39.9 Å². The van der Waals surface area contributed by atoms with E-state index >= 15 is 0 Å². The predicted molar refractivity (Wildman–Crippen MR) is 104 cm³/mol. The number of amides is 1. The van der Waals surface area contributed by atoms with Crippen LogP contribution in [0.3, 0.4) is 0 Å². The lowest BCUT2D eigenvalue weighted by Gasteiger charge is -2.17. The summed E-state index contributed by atoms with van der Waals surface area (Å²) in [6, 6.07) is 0. The fourth-order valence-corrected chi connectivity index (χ4v) is 4.56. The number of carbonyl (C=O) groups is 1. The van der Waals surface area contributed by atoms with E-state index in [1.807, 2.05) is 0 Å². The van der Waals surface area contributed by atoms with E-state index in [1.165, 1.54) is 10.4 Å². The number of nitrogens with zero attached hydrogens (tertiary/aromatic N) is 1. The number of hydrogen-bond acceptors (Lipinski definition) is 5. The van der Waals surface area contributed by atoms with Crippen molar-refractivity contribution in [3.05, 3.63) is 26.6 Å². The van der Waals surface area contributed by atoms with E-state index in [-0.39, 0.29) is 23.9 Å². The van der Waals surface area contributed by atoms with Crippen LogP contribution in [0.15, 0.2) is 4.79 Å². The first-order chi connectivity index (χ1) is 11.6. The number of thiophene rings is 1. The molecule has 0 fully saturated rings. The number of aryl methyl sites for hydroxylation is 2. The van der Waals surface area contributed by atoms with Gasteiger partial charge in [0.25, 0.3) is 5.56 Å². The van der Waals surface area contributed by atoms with Gasteiger partial charge in [-0.3, -0.25) is 9.59 Å². The number of rotatable bonds is 6. The summed E-state index contributed by atoms with van der Waals surface area (Å²) in [6.07, 6.45) is 4.66. The van der Waals surface area contributed by atoms with Gasteiger partial charge in [-0.25, -0.2) is 4.98 Å². The molecule has 0 spiro atoms. The molecule has 138 valence electrons. The van der Waals surface area contributed by atoms with E-state index in [9.17, 15) is 9.59 Å². The molecule has 0 saturated carbocycles. The zero-order valence-corrected chi connectivity index (χ0v) is 16.0. The third-order valence-electron chi connectivity index (χ3n) is 4.51. The normalized spacial score (nSPS) is 16.3. The third kappa shape index (κ3) is 4.59. The lowest BCUT2D eigenvalue weighted by Crippen LogP contribution is -2.26. The first-order valence-electron chi connectivity index (χ1n) is 8.58. The van der Waals surface area contributed by atoms with E-state index in [1.54, 1.807) is 11.3 Å². The Morgan fingerprint density at radius 2 is 2.28 bits per heavy atom. The fourth-order valence-electron chi connectivity index (χ4n) is 3.16. The molecule has 0 saturated heterocycles. The van der Waals surface area contributed by atoms with Crippen molar-refractivity contribution in [3.8, 4) is 0 Å². The van der Waals surface area contributed by atoms with Gasteiger partial charge in [0, 0.05) is 24.3 Å². The van der Waals surface area contributed by atoms with Crippen molar-refractivity contribution in [2.45, 2.75) is 45.4 Å². The minimum Gasteiger partial charge on any atom is -0.356 e. The maximum Gasteiger partial charge on any atom is 0.259 e. The molecule has 0 aromatic carbocycles. The van der Waals surface area contributed by atoms with Crippen LogP contribution < -0.4 is 16.6 Å². The van der Waals surface area contributed by atoms with Crippen LogP contribution in [-0.2, 0) is 24.1 Å². The third-order valence-corrected chi connectivity index (χ3v) is 5.65. The summed E-state index contributed by atoms with van der Waals surface area (Å²) in [7, 11) is 0. The fraction of sp³-hybridized carbons (Fsp3) is 0.588. The molecule has 3 rings (SSSR count). The van der Waals surface area contributed by atoms with E-state index in [0.717, 1.165) is 35.9 Å². The van der Waals surface area contributed by atoms with Crippen molar-refractivity contribution in [2.24, 2.45) is 11.7 Å². The summed E-state index contributed by atoms with van der Waals surface area (Å²) in [5.74, 6) is 1.22. The van der Waals surface area contributed by atoms with Gasteiger partial charge in [-0.2, -0.15) is 0 Å². The summed E-state index contributed by atoms with van der Waals surface area (Å²) in [5, 5.41) is 3.58. The molecule has 2 aromatic heterocycles. The number of aromatic amines is 1. The number of carbonyl (C=O) groups excluding carboxylic acids is 1. The Hall–Kier alpha value is -1.44. The SMILES string of the molecule is CC1CCc2c(sc3nc(CCC(=O)NCCCN)[nH]c(=O)c23)C1.Cl. The van der Waals surface area contributed by atoms with E-state index < -0.39 is 0 Å². The molecule has 6 nitrogen and oxygen atoms in total. The molecule has 4 N–H and O–H groups in total. The molecule has 25 heavy (non-hydrogen) atoms. The Bertz CT molecular complexity index is 802. The Morgan fingerprint density at radius 1 is 1.48 bits per heavy atom. The Morgan fingerprint density at radius 3 is 3.04 bits per heavy atom. The number of halogens is 1. The second kappa shape index (κ2) is 8.78. The second-order valence-corrected chi connectivity index (χ2v) is 7.62. The van der Waals surface area contributed by atoms with Crippen molar-refractivity contribution in [2.75, 3.05) is 13.1 Å². The molecule has 1 amide bonds. The van der Waals surface area contributed by atoms with Crippen LogP contribution >= 0.6 is 23.7 Å². The van der Waals surface area contributed by atoms with Gasteiger partial charge in [-0.15, -0.1) is 23.7 Å². The van der Waals surface area contributed by atoms with Crippen LogP contribution in [0.2, 0.25) is 0 Å². The molecule has 2 heterocycles. The van der Waals surface area contributed by atoms with Gasteiger partial charge in [0.05, 0.1) is 5.39 Å². The largest absolute Gasteiger partial charge is 0.356 e. The smallest absolute Gasteiger partial charge is 0.259 e. The minimum absolute atomic E-state index is 0. The lowest BCUT2D eigenvalue weighted by molar-refractivity contribution is -0.121. The molecule has 0 bridgehead atoms. The topological polar surface area (TPSA) is 101 Å². The second-order valence-electron chi connectivity index (χ2n) is 6.54. The van der Waals surface area contributed by atoms with Crippen LogP contribution in [0.25, 0.3) is 10.2 Å². The quantitative estimate of drug-likeness (QED) is 0.662. The summed E-state index contributed by atoms with van der Waals surface area (Å²) in [4.78, 5) is 33.8. The van der Waals surface area contributed by atoms with E-state index in [0.29, 0.717) is 37.7 Å². The molecule has 0 radical (unpaired) electrons. The molecular weight excluding hydrogens is 360 g/mol. The Balaban J connectivity index is 0.00000225. The molecule has 2 aromatic rings. The summed E-state index contributed by atoms with van der Waals surface area (Å²) in [6.45, 7) is 3.40. The summed E-state index contributed by atoms with van der Waals surface area (Å²) < 4.78 is 0. The minimum atomic E-state index is -0.0643. The van der Waals surface area contributed by atoms with Crippen molar-refractivity contribution in [3.63, 3.8) is 0 Å². The van der Waals surface area contributed by atoms with Crippen LogP contribution in [0, 0.1) is 5.92 Å². The first-order valence-corrected chi connectivity index (χ1v) is 9.40. The lowest BCUT2D eigenvalue weighted by atomic mass is 9.89. The number of fused-ring (bicyclic) bond motifs is 3. The average molecular weight is 385 g/mol. The number of H-pyrrole nitrogens is 1. The predicted octanol–water partition coefficient (Wildman–Crippen LogP) is 1.93. The van der Waals surface area contributed by atoms with E-state index in [4.69, 9.17) is 5.73 Å². The highest BCUT2D eigenvalue weighted by molar-refractivity contribution is 7.18. The molecule has 1 atom stereocenters. The molecule has 8 heteroatoms. The van der Waals surface area contributed by atoms with Crippen molar-refractivity contribution < 1.29 is 4.79 Å². The Labute approximate surface area is 157 Å². The van der Waals surface area contributed by atoms with Gasteiger partial charge in [0.1, 0.15) is 10.7 Å². The summed E-state index contributed by atoms with van der Waals surface area (Å²) >= 11 is 1.64. The first kappa shape index (κ1) is 19.9. The van der Waals surface area contributed by atoms with E-state index in [2.05, 4.69) is 22.2 Å². The molecule has 1 unspecified atom stereocenters. The van der Waals surface area contributed by atoms with Crippen LogP contribution in [0.4, 0.5) is 0 Å². The van der Waals surface area contributed by atoms with Gasteiger partial charge >= 0.3 is 0 Å². The molecule has 0 aliphatic heterocycles. The van der Waals surface area contributed by atoms with Crippen molar-refractivity contribution in [1.29, 1.82) is 0 Å². The highest BCUT2D eigenvalue weighted by Gasteiger charge is 2.23. The zero-order valence-electron chi connectivity index (χ0n) is 14.4. The Kier molecular flexibility index (Phi) is 6.98. The van der Waals surface area contributed by atoms with Crippen LogP contribution in [0.1, 0.15) is 42.5 Å². The monoisotopic (exact) mass is 384 g/mol. The standard InChI is InChI=1S/C17H24N4O2S.ClH/c1-10-3-4-11-12(9-10)24-17-15(11)16(23)20-13(21-17)5-6-14(22)19-8-2-7-18;/h10H,2-9,18H2,1H3,(H,19,22)(H,20,21,23);1H.